The van der Waals surface area contributed by atoms with Gasteiger partial charge in [0.25, 0.3) is 5.91 Å². The van der Waals surface area contributed by atoms with Gasteiger partial charge in [-0.1, -0.05) is 31.2 Å². The number of hydrogen-bond donors (Lipinski definition) is 1. The first kappa shape index (κ1) is 21.2. The molecule has 1 unspecified atom stereocenters. The highest BCUT2D eigenvalue weighted by Crippen LogP contribution is 2.19. The maximum absolute atomic E-state index is 12.5. The second-order valence-corrected chi connectivity index (χ2v) is 7.81. The molecule has 0 saturated carbocycles. The van der Waals surface area contributed by atoms with Crippen molar-refractivity contribution in [2.24, 2.45) is 0 Å². The van der Waals surface area contributed by atoms with Gasteiger partial charge in [-0.15, -0.1) is 0 Å². The molecule has 1 saturated heterocycles. The highest BCUT2D eigenvalue weighted by Gasteiger charge is 2.19. The molecule has 1 amide bonds. The number of benzene rings is 2. The van der Waals surface area contributed by atoms with Crippen LogP contribution in [-0.2, 0) is 11.3 Å². The van der Waals surface area contributed by atoms with Crippen LogP contribution in [0.3, 0.4) is 0 Å². The summed E-state index contributed by atoms with van der Waals surface area (Å²) in [5.74, 6) is 1.52. The van der Waals surface area contributed by atoms with Crippen molar-refractivity contribution >= 4 is 5.91 Å². The highest BCUT2D eigenvalue weighted by atomic mass is 16.5. The number of likely N-dealkylation sites (tertiary alicyclic amines) is 1. The summed E-state index contributed by atoms with van der Waals surface area (Å²) in [5, 5.41) is 2.98. The minimum Gasteiger partial charge on any atom is -0.490 e. The minimum atomic E-state index is -0.496. The maximum atomic E-state index is 12.5. The first-order chi connectivity index (χ1) is 14.0. The fourth-order valence-corrected chi connectivity index (χ4v) is 3.46. The van der Waals surface area contributed by atoms with E-state index in [2.05, 4.69) is 17.3 Å². The maximum Gasteiger partial charge on any atom is 0.261 e. The van der Waals surface area contributed by atoms with Crippen LogP contribution in [0, 0.1) is 6.92 Å². The van der Waals surface area contributed by atoms with E-state index in [0.717, 1.165) is 48.6 Å². The Morgan fingerprint density at radius 2 is 1.86 bits per heavy atom. The summed E-state index contributed by atoms with van der Waals surface area (Å²) in [6.07, 6.45) is 2.54. The van der Waals surface area contributed by atoms with Gasteiger partial charge in [-0.2, -0.15) is 0 Å². The van der Waals surface area contributed by atoms with Crippen molar-refractivity contribution in [3.63, 3.8) is 0 Å². The Morgan fingerprint density at radius 1 is 1.14 bits per heavy atom. The molecule has 3 rings (SSSR count). The number of carbonyl (C=O) groups excluding carboxylic acids is 1. The topological polar surface area (TPSA) is 50.8 Å². The van der Waals surface area contributed by atoms with Crippen LogP contribution in [-0.4, -0.2) is 43.2 Å². The molecule has 2 aromatic carbocycles. The third-order valence-corrected chi connectivity index (χ3v) is 5.29. The summed E-state index contributed by atoms with van der Waals surface area (Å²) in [4.78, 5) is 14.9. The molecule has 1 N–H and O–H groups in total. The molecule has 5 heteroatoms. The lowest BCUT2D eigenvalue weighted by Gasteiger charge is -2.29. The Hall–Kier alpha value is -2.53. The van der Waals surface area contributed by atoms with Crippen molar-refractivity contribution < 1.29 is 14.3 Å². The van der Waals surface area contributed by atoms with E-state index in [1.54, 1.807) is 0 Å². The Morgan fingerprint density at radius 3 is 2.52 bits per heavy atom. The van der Waals surface area contributed by atoms with E-state index in [1.807, 2.05) is 62.4 Å². The van der Waals surface area contributed by atoms with E-state index in [9.17, 15) is 4.79 Å². The van der Waals surface area contributed by atoms with Gasteiger partial charge in [0.2, 0.25) is 0 Å². The monoisotopic (exact) mass is 396 g/mol. The van der Waals surface area contributed by atoms with Crippen LogP contribution >= 0.6 is 0 Å². The summed E-state index contributed by atoms with van der Waals surface area (Å²) in [6.45, 7) is 6.60. The van der Waals surface area contributed by atoms with Crippen molar-refractivity contribution in [3.05, 3.63) is 59.7 Å². The van der Waals surface area contributed by atoms with Crippen LogP contribution in [0.2, 0.25) is 0 Å². The molecule has 2 aromatic rings. The predicted octanol–water partition coefficient (Wildman–Crippen LogP) is 3.94. The molecule has 0 aromatic heterocycles. The second-order valence-electron chi connectivity index (χ2n) is 7.81. The van der Waals surface area contributed by atoms with Crippen LogP contribution in [0.1, 0.15) is 37.3 Å². The van der Waals surface area contributed by atoms with Gasteiger partial charge in [0.15, 0.2) is 6.10 Å². The molecule has 0 aliphatic carbocycles. The van der Waals surface area contributed by atoms with Crippen LogP contribution in [0.15, 0.2) is 48.5 Å². The molecule has 5 nitrogen and oxygen atoms in total. The van der Waals surface area contributed by atoms with Gasteiger partial charge >= 0.3 is 0 Å². The Kier molecular flexibility index (Phi) is 7.53. The lowest BCUT2D eigenvalue weighted by Crippen LogP contribution is -2.37. The van der Waals surface area contributed by atoms with Crippen molar-refractivity contribution in [2.45, 2.75) is 51.9 Å². The van der Waals surface area contributed by atoms with E-state index in [-0.39, 0.29) is 5.91 Å². The Balaban J connectivity index is 1.47. The molecular formula is C24H32N2O3. The van der Waals surface area contributed by atoms with Gasteiger partial charge in [-0.25, -0.2) is 0 Å². The number of nitrogens with one attached hydrogen (secondary N) is 1. The number of rotatable bonds is 8. The van der Waals surface area contributed by atoms with Crippen LogP contribution in [0.5, 0.6) is 11.5 Å². The van der Waals surface area contributed by atoms with Gasteiger partial charge in [0.1, 0.15) is 17.6 Å². The predicted molar refractivity (Wildman–Crippen MR) is 115 cm³/mol. The molecular weight excluding hydrogens is 364 g/mol. The smallest absolute Gasteiger partial charge is 0.261 e. The SMILES string of the molecule is CCC(Oc1cccc(C)c1)C(=O)NCc1ccc(OC2CCN(C)CC2)cc1. The van der Waals surface area contributed by atoms with Gasteiger partial charge in [-0.05, 0) is 68.6 Å². The second kappa shape index (κ2) is 10.3. The number of piperidine rings is 1. The van der Waals surface area contributed by atoms with Crippen LogP contribution in [0.25, 0.3) is 0 Å². The molecule has 0 radical (unpaired) electrons. The minimum absolute atomic E-state index is 0.0966. The van der Waals surface area contributed by atoms with Crippen molar-refractivity contribution in [1.29, 1.82) is 0 Å². The molecule has 0 spiro atoms. The number of amides is 1. The lowest BCUT2D eigenvalue weighted by atomic mass is 10.1. The summed E-state index contributed by atoms with van der Waals surface area (Å²) < 4.78 is 12.0. The molecule has 1 aliphatic heterocycles. The lowest BCUT2D eigenvalue weighted by molar-refractivity contribution is -0.128. The third-order valence-electron chi connectivity index (χ3n) is 5.29. The van der Waals surface area contributed by atoms with Gasteiger partial charge in [0.05, 0.1) is 0 Å². The molecule has 1 heterocycles. The number of carbonyl (C=O) groups is 1. The van der Waals surface area contributed by atoms with Crippen molar-refractivity contribution in [1.82, 2.24) is 10.2 Å². The molecule has 1 atom stereocenters. The number of nitrogens with zero attached hydrogens (tertiary/aromatic N) is 1. The zero-order valence-electron chi connectivity index (χ0n) is 17.7. The molecule has 0 bridgehead atoms. The molecule has 1 aliphatic rings. The summed E-state index contributed by atoms with van der Waals surface area (Å²) in [5.41, 5.74) is 2.15. The largest absolute Gasteiger partial charge is 0.490 e. The van der Waals surface area contributed by atoms with Gasteiger partial charge in [-0.3, -0.25) is 4.79 Å². The summed E-state index contributed by atoms with van der Waals surface area (Å²) >= 11 is 0. The Labute approximate surface area is 174 Å². The van der Waals surface area contributed by atoms with E-state index < -0.39 is 6.10 Å². The number of ether oxygens (including phenoxy) is 2. The molecule has 156 valence electrons. The average molecular weight is 397 g/mol. The highest BCUT2D eigenvalue weighted by molar-refractivity contribution is 5.81. The van der Waals surface area contributed by atoms with E-state index in [1.165, 1.54) is 0 Å². The first-order valence-corrected chi connectivity index (χ1v) is 10.5. The van der Waals surface area contributed by atoms with Crippen molar-refractivity contribution in [3.8, 4) is 11.5 Å². The fraction of sp³-hybridized carbons (Fsp3) is 0.458. The third kappa shape index (κ3) is 6.50. The summed E-state index contributed by atoms with van der Waals surface area (Å²) in [6, 6.07) is 15.8. The zero-order chi connectivity index (χ0) is 20.6. The first-order valence-electron chi connectivity index (χ1n) is 10.5. The average Bonchev–Trinajstić information content (AvgIpc) is 2.73. The number of hydrogen-bond acceptors (Lipinski definition) is 4. The molecule has 29 heavy (non-hydrogen) atoms. The van der Waals surface area contributed by atoms with E-state index in [0.29, 0.717) is 19.1 Å². The van der Waals surface area contributed by atoms with E-state index in [4.69, 9.17) is 9.47 Å². The summed E-state index contributed by atoms with van der Waals surface area (Å²) in [7, 11) is 2.15. The van der Waals surface area contributed by atoms with Crippen LogP contribution in [0.4, 0.5) is 0 Å². The standard InChI is InChI=1S/C24H32N2O3/c1-4-23(29-22-7-5-6-18(2)16-22)24(27)25-17-19-8-10-20(11-9-19)28-21-12-14-26(3)15-13-21/h5-11,16,21,23H,4,12-15,17H2,1-3H3,(H,25,27). The Bertz CT molecular complexity index is 783. The van der Waals surface area contributed by atoms with Crippen molar-refractivity contribution in [2.75, 3.05) is 20.1 Å². The van der Waals surface area contributed by atoms with Gasteiger partial charge < -0.3 is 19.7 Å². The molecule has 1 fully saturated rings. The van der Waals surface area contributed by atoms with Crippen LogP contribution < -0.4 is 14.8 Å². The fourth-order valence-electron chi connectivity index (χ4n) is 3.46. The zero-order valence-corrected chi connectivity index (χ0v) is 17.7. The number of aryl methyl sites for hydroxylation is 1. The quantitative estimate of drug-likeness (QED) is 0.734. The van der Waals surface area contributed by atoms with E-state index >= 15 is 0 Å². The normalized spacial score (nSPS) is 16.2. The van der Waals surface area contributed by atoms with Gasteiger partial charge in [0, 0.05) is 19.6 Å².